The summed E-state index contributed by atoms with van der Waals surface area (Å²) in [4.78, 5) is 22.6. The maximum absolute atomic E-state index is 11.4. The van der Waals surface area contributed by atoms with Crippen molar-refractivity contribution in [1.29, 1.82) is 0 Å². The van der Waals surface area contributed by atoms with Crippen LogP contribution < -0.4 is 9.47 Å². The Balaban J connectivity index is 2.92. The fourth-order valence-corrected chi connectivity index (χ4v) is 1.98. The second-order valence-electron chi connectivity index (χ2n) is 4.64. The van der Waals surface area contributed by atoms with Crippen LogP contribution in [0.3, 0.4) is 0 Å². The van der Waals surface area contributed by atoms with E-state index in [1.807, 2.05) is 6.07 Å². The molecule has 0 heterocycles. The molecule has 1 atom stereocenters. The van der Waals surface area contributed by atoms with Gasteiger partial charge in [-0.05, 0) is 24.6 Å². The maximum Gasteiger partial charge on any atom is 0.330 e. The maximum atomic E-state index is 11.4. The summed E-state index contributed by atoms with van der Waals surface area (Å²) in [5.41, 5.74) is 0.827. The number of hydrogen-bond acceptors (Lipinski definition) is 6. The molecule has 0 unspecified atom stereocenters. The summed E-state index contributed by atoms with van der Waals surface area (Å²) in [7, 11) is 3.12. The molecule has 0 N–H and O–H groups in total. The topological polar surface area (TPSA) is 71.1 Å². The number of rotatable bonds is 8. The molecule has 0 saturated heterocycles. The van der Waals surface area contributed by atoms with Gasteiger partial charge in [0.1, 0.15) is 17.6 Å². The molecule has 1 rings (SSSR count). The molecule has 6 nitrogen and oxygen atoms in total. The number of carbonyl (C=O) groups is 2. The summed E-state index contributed by atoms with van der Waals surface area (Å²) in [6.45, 7) is 3.32. The molecule has 0 fully saturated rings. The molecule has 126 valence electrons. The highest BCUT2D eigenvalue weighted by atomic mass is 16.5. The van der Waals surface area contributed by atoms with E-state index in [2.05, 4.69) is 0 Å². The molecule has 0 amide bonds. The van der Waals surface area contributed by atoms with E-state index in [1.54, 1.807) is 33.3 Å². The molecule has 0 bridgehead atoms. The van der Waals surface area contributed by atoms with E-state index >= 15 is 0 Å². The lowest BCUT2D eigenvalue weighted by atomic mass is 10.1. The lowest BCUT2D eigenvalue weighted by Crippen LogP contribution is -2.17. The van der Waals surface area contributed by atoms with Gasteiger partial charge in [-0.25, -0.2) is 4.79 Å². The zero-order valence-corrected chi connectivity index (χ0v) is 13.8. The fourth-order valence-electron chi connectivity index (χ4n) is 1.98. The molecule has 1 aromatic rings. The van der Waals surface area contributed by atoms with Crippen molar-refractivity contribution in [2.45, 2.75) is 26.4 Å². The minimum absolute atomic E-state index is 0.285. The van der Waals surface area contributed by atoms with Gasteiger partial charge in [-0.2, -0.15) is 0 Å². The van der Waals surface area contributed by atoms with E-state index in [1.165, 1.54) is 19.1 Å². The molecule has 0 aliphatic rings. The Kier molecular flexibility index (Phi) is 7.66. The minimum Gasteiger partial charge on any atom is -0.497 e. The Morgan fingerprint density at radius 2 is 1.96 bits per heavy atom. The largest absolute Gasteiger partial charge is 0.497 e. The molecule has 23 heavy (non-hydrogen) atoms. The number of benzene rings is 1. The van der Waals surface area contributed by atoms with Crippen molar-refractivity contribution in [2.75, 3.05) is 20.8 Å². The number of esters is 2. The van der Waals surface area contributed by atoms with Crippen LogP contribution in [0.15, 0.2) is 30.4 Å². The SMILES string of the molecule is CCOC(=O)/C=C/[C@H](Cc1ccc(OC)cc1OC)OC(C)=O. The molecule has 0 radical (unpaired) electrons. The van der Waals surface area contributed by atoms with Crippen LogP contribution in [0, 0.1) is 0 Å². The molecule has 1 aromatic carbocycles. The highest BCUT2D eigenvalue weighted by Gasteiger charge is 2.14. The van der Waals surface area contributed by atoms with Crippen LogP contribution in [0.25, 0.3) is 0 Å². The van der Waals surface area contributed by atoms with Gasteiger partial charge in [0, 0.05) is 25.5 Å². The van der Waals surface area contributed by atoms with Gasteiger partial charge >= 0.3 is 11.9 Å². The zero-order valence-electron chi connectivity index (χ0n) is 13.8. The second kappa shape index (κ2) is 9.50. The summed E-state index contributed by atoms with van der Waals surface area (Å²) < 4.78 is 20.5. The molecule has 0 aliphatic heterocycles. The monoisotopic (exact) mass is 322 g/mol. The van der Waals surface area contributed by atoms with E-state index in [0.717, 1.165) is 5.56 Å². The van der Waals surface area contributed by atoms with Crippen LogP contribution >= 0.6 is 0 Å². The van der Waals surface area contributed by atoms with Crippen molar-refractivity contribution in [3.8, 4) is 11.5 Å². The van der Waals surface area contributed by atoms with E-state index < -0.39 is 18.0 Å². The lowest BCUT2D eigenvalue weighted by molar-refractivity contribution is -0.144. The van der Waals surface area contributed by atoms with Gasteiger partial charge in [-0.15, -0.1) is 0 Å². The molecule has 0 spiro atoms. The van der Waals surface area contributed by atoms with Gasteiger partial charge in [0.05, 0.1) is 20.8 Å². The Morgan fingerprint density at radius 1 is 1.22 bits per heavy atom. The third kappa shape index (κ3) is 6.42. The number of ether oxygens (including phenoxy) is 4. The summed E-state index contributed by atoms with van der Waals surface area (Å²) in [6, 6.07) is 5.36. The van der Waals surface area contributed by atoms with Crippen molar-refractivity contribution in [3.63, 3.8) is 0 Å². The Hall–Kier alpha value is -2.50. The highest BCUT2D eigenvalue weighted by molar-refractivity contribution is 5.82. The smallest absolute Gasteiger partial charge is 0.330 e. The van der Waals surface area contributed by atoms with E-state index in [-0.39, 0.29) is 6.61 Å². The Labute approximate surface area is 136 Å². The summed E-state index contributed by atoms with van der Waals surface area (Å²) >= 11 is 0. The van der Waals surface area contributed by atoms with Gasteiger partial charge in [-0.1, -0.05) is 6.07 Å². The quantitative estimate of drug-likeness (QED) is 0.540. The average Bonchev–Trinajstić information content (AvgIpc) is 2.52. The first-order valence-corrected chi connectivity index (χ1v) is 7.23. The van der Waals surface area contributed by atoms with E-state index in [9.17, 15) is 9.59 Å². The van der Waals surface area contributed by atoms with Crippen LogP contribution in [0.1, 0.15) is 19.4 Å². The summed E-state index contributed by atoms with van der Waals surface area (Å²) in [6.07, 6.45) is 2.53. The summed E-state index contributed by atoms with van der Waals surface area (Å²) in [5.74, 6) is 0.366. The van der Waals surface area contributed by atoms with Crippen molar-refractivity contribution in [2.24, 2.45) is 0 Å². The Bertz CT molecular complexity index is 564. The van der Waals surface area contributed by atoms with E-state index in [0.29, 0.717) is 17.9 Å². The molecule has 6 heteroatoms. The van der Waals surface area contributed by atoms with Crippen molar-refractivity contribution in [3.05, 3.63) is 35.9 Å². The molecular formula is C17H22O6. The number of methoxy groups -OCH3 is 2. The molecule has 0 saturated carbocycles. The van der Waals surface area contributed by atoms with E-state index in [4.69, 9.17) is 18.9 Å². The van der Waals surface area contributed by atoms with Gasteiger partial charge < -0.3 is 18.9 Å². The normalized spacial score (nSPS) is 11.8. The second-order valence-corrected chi connectivity index (χ2v) is 4.64. The first-order chi connectivity index (χ1) is 11.0. The summed E-state index contributed by atoms with van der Waals surface area (Å²) in [5, 5.41) is 0. The third-order valence-corrected chi connectivity index (χ3v) is 2.97. The number of hydrogen-bond donors (Lipinski definition) is 0. The van der Waals surface area contributed by atoms with Crippen LogP contribution in [0.2, 0.25) is 0 Å². The van der Waals surface area contributed by atoms with Gasteiger partial charge in [0.2, 0.25) is 0 Å². The fraction of sp³-hybridized carbons (Fsp3) is 0.412. The predicted octanol–water partition coefficient (Wildman–Crippen LogP) is 2.30. The molecule has 0 aliphatic carbocycles. The molecule has 0 aromatic heterocycles. The van der Waals surface area contributed by atoms with Gasteiger partial charge in [0.15, 0.2) is 0 Å². The average molecular weight is 322 g/mol. The van der Waals surface area contributed by atoms with Crippen LogP contribution in [0.5, 0.6) is 11.5 Å². The Morgan fingerprint density at radius 3 is 2.52 bits per heavy atom. The first kappa shape index (κ1) is 18.5. The van der Waals surface area contributed by atoms with Crippen LogP contribution in [0.4, 0.5) is 0 Å². The van der Waals surface area contributed by atoms with Crippen molar-refractivity contribution in [1.82, 2.24) is 0 Å². The first-order valence-electron chi connectivity index (χ1n) is 7.23. The minimum atomic E-state index is -0.598. The molecular weight excluding hydrogens is 300 g/mol. The van der Waals surface area contributed by atoms with Gasteiger partial charge in [0.25, 0.3) is 0 Å². The highest BCUT2D eigenvalue weighted by Crippen LogP contribution is 2.26. The zero-order chi connectivity index (χ0) is 17.2. The standard InChI is InChI=1S/C17H22O6/c1-5-22-17(19)9-8-15(23-12(2)18)10-13-6-7-14(20-3)11-16(13)21-4/h6-9,11,15H,5,10H2,1-4H3/b9-8+/t15-/m1/s1. The number of carbonyl (C=O) groups excluding carboxylic acids is 2. The van der Waals surface area contributed by atoms with Gasteiger partial charge in [-0.3, -0.25) is 4.79 Å². The van der Waals surface area contributed by atoms with Crippen LogP contribution in [-0.2, 0) is 25.5 Å². The third-order valence-electron chi connectivity index (χ3n) is 2.97. The van der Waals surface area contributed by atoms with Crippen molar-refractivity contribution >= 4 is 11.9 Å². The van der Waals surface area contributed by atoms with Crippen LogP contribution in [-0.4, -0.2) is 38.9 Å². The van der Waals surface area contributed by atoms with Crippen molar-refractivity contribution < 1.29 is 28.5 Å². The lowest BCUT2D eigenvalue weighted by Gasteiger charge is -2.16. The predicted molar refractivity (Wildman–Crippen MR) is 84.6 cm³/mol.